The number of aromatic nitrogens is 1. The topological polar surface area (TPSA) is 36.4 Å². The average molecular weight is 344 g/mol. The van der Waals surface area contributed by atoms with E-state index in [2.05, 4.69) is 9.88 Å². The fourth-order valence-corrected chi connectivity index (χ4v) is 3.40. The minimum absolute atomic E-state index is 0.0301. The molecule has 1 aromatic carbocycles. The SMILES string of the molecule is C[C@@H](c1ccncc1)N(C)C(=O)c1ccc(N2CCCC2)c(Cl)c1. The second-order valence-electron chi connectivity index (χ2n) is 6.23. The maximum Gasteiger partial charge on any atom is 0.254 e. The monoisotopic (exact) mass is 343 g/mol. The maximum atomic E-state index is 12.8. The van der Waals surface area contributed by atoms with Crippen molar-refractivity contribution in [3.8, 4) is 0 Å². The van der Waals surface area contributed by atoms with Crippen LogP contribution >= 0.6 is 11.6 Å². The molecule has 4 nitrogen and oxygen atoms in total. The van der Waals surface area contributed by atoms with E-state index in [0.29, 0.717) is 10.6 Å². The summed E-state index contributed by atoms with van der Waals surface area (Å²) in [6.45, 7) is 4.07. The molecule has 3 rings (SSSR count). The predicted octanol–water partition coefficient (Wildman–Crippen LogP) is 4.17. The molecular weight excluding hydrogens is 322 g/mol. The molecule has 0 saturated carbocycles. The van der Waals surface area contributed by atoms with Crippen LogP contribution in [0.5, 0.6) is 0 Å². The van der Waals surface area contributed by atoms with Gasteiger partial charge in [0.05, 0.1) is 16.8 Å². The molecule has 1 atom stereocenters. The van der Waals surface area contributed by atoms with Crippen molar-refractivity contribution in [1.82, 2.24) is 9.88 Å². The Morgan fingerprint density at radius 1 is 1.21 bits per heavy atom. The maximum absolute atomic E-state index is 12.8. The van der Waals surface area contributed by atoms with Crippen LogP contribution in [0.2, 0.25) is 5.02 Å². The molecule has 1 aliphatic rings. The van der Waals surface area contributed by atoms with Crippen LogP contribution in [0.1, 0.15) is 41.7 Å². The zero-order valence-corrected chi connectivity index (χ0v) is 14.8. The largest absolute Gasteiger partial charge is 0.370 e. The molecule has 1 aliphatic heterocycles. The number of carbonyl (C=O) groups is 1. The van der Waals surface area contributed by atoms with Gasteiger partial charge in [-0.05, 0) is 55.7 Å². The Hall–Kier alpha value is -2.07. The van der Waals surface area contributed by atoms with Gasteiger partial charge in [0.2, 0.25) is 0 Å². The number of amides is 1. The minimum atomic E-state index is -0.0332. The number of nitrogens with zero attached hydrogens (tertiary/aromatic N) is 3. The Morgan fingerprint density at radius 3 is 2.50 bits per heavy atom. The van der Waals surface area contributed by atoms with E-state index in [1.807, 2.05) is 38.2 Å². The third-order valence-electron chi connectivity index (χ3n) is 4.73. The molecule has 0 aliphatic carbocycles. The fourth-order valence-electron chi connectivity index (χ4n) is 3.10. The third kappa shape index (κ3) is 3.39. The molecule has 0 N–H and O–H groups in total. The van der Waals surface area contributed by atoms with E-state index >= 15 is 0 Å². The van der Waals surface area contributed by atoms with Crippen molar-refractivity contribution in [3.63, 3.8) is 0 Å². The number of rotatable bonds is 4. The average Bonchev–Trinajstić information content (AvgIpc) is 3.14. The summed E-state index contributed by atoms with van der Waals surface area (Å²) in [7, 11) is 1.82. The van der Waals surface area contributed by atoms with Crippen LogP contribution in [-0.4, -0.2) is 35.9 Å². The van der Waals surface area contributed by atoms with E-state index in [-0.39, 0.29) is 11.9 Å². The van der Waals surface area contributed by atoms with E-state index in [0.717, 1.165) is 24.3 Å². The van der Waals surface area contributed by atoms with Crippen LogP contribution in [0.25, 0.3) is 0 Å². The quantitative estimate of drug-likeness (QED) is 0.836. The summed E-state index contributed by atoms with van der Waals surface area (Å²) in [5.74, 6) is -0.0332. The van der Waals surface area contributed by atoms with Gasteiger partial charge >= 0.3 is 0 Å². The molecule has 1 amide bonds. The number of pyridine rings is 1. The zero-order valence-electron chi connectivity index (χ0n) is 14.1. The Bertz CT molecular complexity index is 714. The van der Waals surface area contributed by atoms with Crippen molar-refractivity contribution >= 4 is 23.2 Å². The summed E-state index contributed by atoms with van der Waals surface area (Å²) < 4.78 is 0. The predicted molar refractivity (Wildman–Crippen MR) is 97.6 cm³/mol. The van der Waals surface area contributed by atoms with Crippen molar-refractivity contribution in [3.05, 3.63) is 58.9 Å². The van der Waals surface area contributed by atoms with Crippen molar-refractivity contribution in [1.29, 1.82) is 0 Å². The molecule has 0 bridgehead atoms. The molecule has 2 heterocycles. The van der Waals surface area contributed by atoms with Gasteiger partial charge in [0.15, 0.2) is 0 Å². The Balaban J connectivity index is 1.78. The molecule has 0 radical (unpaired) electrons. The Kier molecular flexibility index (Phi) is 5.05. The molecule has 1 fully saturated rings. The lowest BCUT2D eigenvalue weighted by molar-refractivity contribution is 0.0742. The van der Waals surface area contributed by atoms with Gasteiger partial charge in [-0.1, -0.05) is 11.6 Å². The number of anilines is 1. The van der Waals surface area contributed by atoms with Gasteiger partial charge < -0.3 is 9.80 Å². The Morgan fingerprint density at radius 2 is 1.88 bits per heavy atom. The van der Waals surface area contributed by atoms with Crippen LogP contribution in [-0.2, 0) is 0 Å². The highest BCUT2D eigenvalue weighted by Crippen LogP contribution is 2.30. The van der Waals surface area contributed by atoms with Gasteiger partial charge in [0.25, 0.3) is 5.91 Å². The lowest BCUT2D eigenvalue weighted by Gasteiger charge is -2.26. The number of benzene rings is 1. The summed E-state index contributed by atoms with van der Waals surface area (Å²) >= 11 is 6.43. The normalized spacial score (nSPS) is 15.4. The van der Waals surface area contributed by atoms with Crippen LogP contribution in [0.3, 0.4) is 0 Å². The first-order chi connectivity index (χ1) is 11.6. The first-order valence-corrected chi connectivity index (χ1v) is 8.67. The van der Waals surface area contributed by atoms with Gasteiger partial charge in [0, 0.05) is 38.1 Å². The summed E-state index contributed by atoms with van der Waals surface area (Å²) in [6, 6.07) is 9.45. The lowest BCUT2D eigenvalue weighted by atomic mass is 10.1. The van der Waals surface area contributed by atoms with Crippen LogP contribution in [0.15, 0.2) is 42.7 Å². The van der Waals surface area contributed by atoms with Crippen LogP contribution in [0.4, 0.5) is 5.69 Å². The number of carbonyl (C=O) groups excluding carboxylic acids is 1. The van der Waals surface area contributed by atoms with E-state index in [4.69, 9.17) is 11.6 Å². The minimum Gasteiger partial charge on any atom is -0.370 e. The summed E-state index contributed by atoms with van der Waals surface area (Å²) in [5, 5.41) is 0.646. The molecule has 1 aromatic heterocycles. The van der Waals surface area contributed by atoms with Gasteiger partial charge in [-0.3, -0.25) is 9.78 Å². The van der Waals surface area contributed by atoms with Crippen LogP contribution < -0.4 is 4.90 Å². The summed E-state index contributed by atoms with van der Waals surface area (Å²) in [6.07, 6.45) is 5.88. The highest BCUT2D eigenvalue weighted by atomic mass is 35.5. The van der Waals surface area contributed by atoms with Gasteiger partial charge in [0.1, 0.15) is 0 Å². The van der Waals surface area contributed by atoms with Crippen molar-refractivity contribution in [2.24, 2.45) is 0 Å². The fraction of sp³-hybridized carbons (Fsp3) is 0.368. The molecule has 1 saturated heterocycles. The second-order valence-corrected chi connectivity index (χ2v) is 6.64. The van der Waals surface area contributed by atoms with E-state index in [1.54, 1.807) is 23.4 Å². The summed E-state index contributed by atoms with van der Waals surface area (Å²) in [5.41, 5.74) is 2.70. The lowest BCUT2D eigenvalue weighted by Crippen LogP contribution is -2.29. The highest BCUT2D eigenvalue weighted by molar-refractivity contribution is 6.33. The van der Waals surface area contributed by atoms with Crippen LogP contribution in [0, 0.1) is 0 Å². The Labute approximate surface area is 148 Å². The number of halogens is 1. The van der Waals surface area contributed by atoms with E-state index in [1.165, 1.54) is 12.8 Å². The zero-order chi connectivity index (χ0) is 17.1. The van der Waals surface area contributed by atoms with Crippen molar-refractivity contribution in [2.75, 3.05) is 25.0 Å². The number of hydrogen-bond acceptors (Lipinski definition) is 3. The highest BCUT2D eigenvalue weighted by Gasteiger charge is 2.21. The number of hydrogen-bond donors (Lipinski definition) is 0. The molecule has 0 unspecified atom stereocenters. The first-order valence-electron chi connectivity index (χ1n) is 8.29. The molecule has 2 aromatic rings. The van der Waals surface area contributed by atoms with Gasteiger partial charge in [-0.25, -0.2) is 0 Å². The standard InChI is InChI=1S/C19H22ClN3O/c1-14(15-7-9-21-10-8-15)22(2)19(24)16-5-6-18(17(20)13-16)23-11-3-4-12-23/h5-10,13-14H,3-4,11-12H2,1-2H3/t14-/m0/s1. The second kappa shape index (κ2) is 7.22. The van der Waals surface area contributed by atoms with Gasteiger partial charge in [-0.2, -0.15) is 0 Å². The molecular formula is C19H22ClN3O. The van der Waals surface area contributed by atoms with Crippen molar-refractivity contribution < 1.29 is 4.79 Å². The van der Waals surface area contributed by atoms with Gasteiger partial charge in [-0.15, -0.1) is 0 Å². The molecule has 5 heteroatoms. The van der Waals surface area contributed by atoms with Crippen molar-refractivity contribution in [2.45, 2.75) is 25.8 Å². The first kappa shape index (κ1) is 16.8. The smallest absolute Gasteiger partial charge is 0.254 e. The summed E-state index contributed by atoms with van der Waals surface area (Å²) in [4.78, 5) is 20.8. The van der Waals surface area contributed by atoms with E-state index in [9.17, 15) is 4.79 Å². The molecule has 0 spiro atoms. The molecule has 126 valence electrons. The van der Waals surface area contributed by atoms with E-state index < -0.39 is 0 Å². The molecule has 24 heavy (non-hydrogen) atoms. The third-order valence-corrected chi connectivity index (χ3v) is 5.03.